The van der Waals surface area contributed by atoms with E-state index >= 15 is 0 Å². The summed E-state index contributed by atoms with van der Waals surface area (Å²) >= 11 is 6.41. The number of halogens is 1. The molecule has 0 spiro atoms. The van der Waals surface area contributed by atoms with Gasteiger partial charge in [-0.05, 0) is 60.7 Å². The van der Waals surface area contributed by atoms with E-state index in [0.717, 1.165) is 22.7 Å². The number of sulfonamides is 1. The second kappa shape index (κ2) is 14.3. The third-order valence-electron chi connectivity index (χ3n) is 6.75. The van der Waals surface area contributed by atoms with Crippen molar-refractivity contribution >= 4 is 39.1 Å². The molecule has 0 aliphatic heterocycles. The first-order valence-electron chi connectivity index (χ1n) is 13.5. The smallest absolute Gasteiger partial charge is 0.264 e. The highest BCUT2D eigenvalue weighted by Crippen LogP contribution is 2.27. The minimum absolute atomic E-state index is 0.0480. The maximum atomic E-state index is 14.0. The standard InChI is InChI=1S/C31H38ClN3O4S/c1-5-6-20-33-31(37)24(4)34(21-26-12-10-11-15-29(26)32)30(36)22-35(27-18-16-25(17-19-27)23(2)3)40(38,39)28-13-8-7-9-14-28/h7-19,23-24H,5-6,20-22H2,1-4H3,(H,33,37)/t24-/m1/s1. The normalized spacial score (nSPS) is 12.2. The van der Waals surface area contributed by atoms with Gasteiger partial charge in [-0.3, -0.25) is 13.9 Å². The molecule has 7 nitrogen and oxygen atoms in total. The van der Waals surface area contributed by atoms with Gasteiger partial charge in [0.05, 0.1) is 10.6 Å². The Morgan fingerprint density at radius 1 is 0.900 bits per heavy atom. The van der Waals surface area contributed by atoms with Gasteiger partial charge in [0, 0.05) is 18.1 Å². The van der Waals surface area contributed by atoms with E-state index in [4.69, 9.17) is 11.6 Å². The molecular formula is C31H38ClN3O4S. The molecule has 0 bridgehead atoms. The summed E-state index contributed by atoms with van der Waals surface area (Å²) in [6.07, 6.45) is 1.73. The van der Waals surface area contributed by atoms with Crippen LogP contribution in [0.15, 0.2) is 83.8 Å². The third kappa shape index (κ3) is 7.86. The lowest BCUT2D eigenvalue weighted by atomic mass is 10.0. The molecule has 3 rings (SSSR count). The van der Waals surface area contributed by atoms with Crippen LogP contribution in [0.2, 0.25) is 5.02 Å². The molecule has 0 saturated carbocycles. The van der Waals surface area contributed by atoms with Crippen LogP contribution in [0.1, 0.15) is 57.6 Å². The third-order valence-corrected chi connectivity index (χ3v) is 8.91. The largest absolute Gasteiger partial charge is 0.354 e. The van der Waals surface area contributed by atoms with E-state index in [1.807, 2.05) is 19.1 Å². The van der Waals surface area contributed by atoms with Crippen molar-refractivity contribution < 1.29 is 18.0 Å². The lowest BCUT2D eigenvalue weighted by Crippen LogP contribution is -2.51. The Morgan fingerprint density at radius 2 is 1.52 bits per heavy atom. The fraction of sp³-hybridized carbons (Fsp3) is 0.355. The number of rotatable bonds is 13. The van der Waals surface area contributed by atoms with E-state index in [0.29, 0.717) is 22.8 Å². The van der Waals surface area contributed by atoms with Crippen molar-refractivity contribution in [1.82, 2.24) is 10.2 Å². The number of anilines is 1. The minimum Gasteiger partial charge on any atom is -0.354 e. The first kappa shape index (κ1) is 31.2. The Labute approximate surface area is 243 Å². The molecule has 0 aliphatic carbocycles. The molecule has 0 unspecified atom stereocenters. The topological polar surface area (TPSA) is 86.8 Å². The Balaban J connectivity index is 2.01. The Bertz CT molecular complexity index is 1380. The average Bonchev–Trinajstić information content (AvgIpc) is 2.95. The van der Waals surface area contributed by atoms with Crippen molar-refractivity contribution in [1.29, 1.82) is 0 Å². The molecule has 40 heavy (non-hydrogen) atoms. The number of nitrogens with one attached hydrogen (secondary N) is 1. The maximum Gasteiger partial charge on any atom is 0.264 e. The van der Waals surface area contributed by atoms with Gasteiger partial charge >= 0.3 is 0 Å². The van der Waals surface area contributed by atoms with Crippen molar-refractivity contribution in [3.8, 4) is 0 Å². The predicted octanol–water partition coefficient (Wildman–Crippen LogP) is 5.99. The van der Waals surface area contributed by atoms with E-state index in [1.54, 1.807) is 61.5 Å². The maximum absolute atomic E-state index is 14.0. The first-order chi connectivity index (χ1) is 19.1. The molecule has 0 heterocycles. The number of hydrogen-bond acceptors (Lipinski definition) is 4. The highest BCUT2D eigenvalue weighted by Gasteiger charge is 2.32. The summed E-state index contributed by atoms with van der Waals surface area (Å²) in [5.74, 6) is -0.578. The van der Waals surface area contributed by atoms with Crippen LogP contribution in [0.3, 0.4) is 0 Å². The van der Waals surface area contributed by atoms with E-state index in [2.05, 4.69) is 19.2 Å². The Morgan fingerprint density at radius 3 is 2.12 bits per heavy atom. The van der Waals surface area contributed by atoms with Gasteiger partial charge in [-0.25, -0.2) is 8.42 Å². The van der Waals surface area contributed by atoms with Gasteiger partial charge in [-0.15, -0.1) is 0 Å². The number of amides is 2. The van der Waals surface area contributed by atoms with E-state index in [1.165, 1.54) is 17.0 Å². The summed E-state index contributed by atoms with van der Waals surface area (Å²) in [5.41, 5.74) is 2.06. The zero-order chi connectivity index (χ0) is 29.3. The Kier molecular flexibility index (Phi) is 11.2. The van der Waals surface area contributed by atoms with Crippen molar-refractivity contribution in [2.24, 2.45) is 0 Å². The number of hydrogen-bond donors (Lipinski definition) is 1. The molecule has 1 atom stereocenters. The number of carbonyl (C=O) groups excluding carboxylic acids is 2. The SMILES string of the molecule is CCCCNC(=O)[C@@H](C)N(Cc1ccccc1Cl)C(=O)CN(c1ccc(C(C)C)cc1)S(=O)(=O)c1ccccc1. The van der Waals surface area contributed by atoms with Crippen LogP contribution >= 0.6 is 11.6 Å². The van der Waals surface area contributed by atoms with Gasteiger partial charge in [0.25, 0.3) is 10.0 Å². The molecule has 0 fully saturated rings. The zero-order valence-corrected chi connectivity index (χ0v) is 25.1. The van der Waals surface area contributed by atoms with Gasteiger partial charge in [-0.1, -0.05) is 87.3 Å². The van der Waals surface area contributed by atoms with Gasteiger partial charge in [-0.2, -0.15) is 0 Å². The van der Waals surface area contributed by atoms with Crippen LogP contribution in [0.4, 0.5) is 5.69 Å². The molecule has 0 saturated heterocycles. The van der Waals surface area contributed by atoms with E-state index < -0.39 is 28.5 Å². The number of benzene rings is 3. The van der Waals surface area contributed by atoms with Crippen molar-refractivity contribution in [2.75, 3.05) is 17.4 Å². The lowest BCUT2D eigenvalue weighted by Gasteiger charge is -2.32. The molecule has 214 valence electrons. The molecule has 0 aliphatic rings. The molecule has 0 aromatic heterocycles. The molecule has 9 heteroatoms. The molecule has 0 radical (unpaired) electrons. The van der Waals surface area contributed by atoms with Gasteiger partial charge in [0.15, 0.2) is 0 Å². The van der Waals surface area contributed by atoms with Crippen LogP contribution < -0.4 is 9.62 Å². The average molecular weight is 584 g/mol. The summed E-state index contributed by atoms with van der Waals surface area (Å²) < 4.78 is 28.8. The van der Waals surface area contributed by atoms with Gasteiger partial charge in [0.1, 0.15) is 12.6 Å². The van der Waals surface area contributed by atoms with Crippen LogP contribution in [-0.2, 0) is 26.2 Å². The molecular weight excluding hydrogens is 546 g/mol. The van der Waals surface area contributed by atoms with Crippen molar-refractivity contribution in [3.05, 3.63) is 95.0 Å². The van der Waals surface area contributed by atoms with Crippen LogP contribution in [0.25, 0.3) is 0 Å². The second-order valence-corrected chi connectivity index (χ2v) is 12.3. The number of nitrogens with zero attached hydrogens (tertiary/aromatic N) is 2. The summed E-state index contributed by atoms with van der Waals surface area (Å²) in [7, 11) is -4.10. The minimum atomic E-state index is -4.10. The predicted molar refractivity (Wildman–Crippen MR) is 161 cm³/mol. The monoisotopic (exact) mass is 583 g/mol. The summed E-state index contributed by atoms with van der Waals surface area (Å²) in [4.78, 5) is 28.5. The van der Waals surface area contributed by atoms with Crippen molar-refractivity contribution in [3.63, 3.8) is 0 Å². The van der Waals surface area contributed by atoms with E-state index in [-0.39, 0.29) is 23.3 Å². The molecule has 3 aromatic rings. The quantitative estimate of drug-likeness (QED) is 0.250. The lowest BCUT2D eigenvalue weighted by molar-refractivity contribution is -0.139. The van der Waals surface area contributed by atoms with Gasteiger partial charge < -0.3 is 10.2 Å². The fourth-order valence-electron chi connectivity index (χ4n) is 4.20. The van der Waals surface area contributed by atoms with Crippen molar-refractivity contribution in [2.45, 2.75) is 63.9 Å². The number of carbonyl (C=O) groups is 2. The zero-order valence-electron chi connectivity index (χ0n) is 23.5. The highest BCUT2D eigenvalue weighted by atomic mass is 35.5. The molecule has 3 aromatic carbocycles. The van der Waals surface area contributed by atoms with Gasteiger partial charge in [0.2, 0.25) is 11.8 Å². The summed E-state index contributed by atoms with van der Waals surface area (Å²) in [6, 6.07) is 21.4. The highest BCUT2D eigenvalue weighted by molar-refractivity contribution is 7.92. The van der Waals surface area contributed by atoms with Crippen LogP contribution in [-0.4, -0.2) is 44.3 Å². The van der Waals surface area contributed by atoms with Crippen LogP contribution in [0.5, 0.6) is 0 Å². The number of unbranched alkanes of at least 4 members (excludes halogenated alkanes) is 1. The summed E-state index contributed by atoms with van der Waals surface area (Å²) in [5, 5.41) is 3.33. The fourth-order valence-corrected chi connectivity index (χ4v) is 5.83. The summed E-state index contributed by atoms with van der Waals surface area (Å²) in [6.45, 7) is 7.82. The Hall–Kier alpha value is -3.36. The van der Waals surface area contributed by atoms with Crippen LogP contribution in [0, 0.1) is 0 Å². The molecule has 1 N–H and O–H groups in total. The molecule has 2 amide bonds. The first-order valence-corrected chi connectivity index (χ1v) is 15.4. The van der Waals surface area contributed by atoms with E-state index in [9.17, 15) is 18.0 Å². The second-order valence-electron chi connectivity index (χ2n) is 10.0.